The Morgan fingerprint density at radius 1 is 0.933 bits per heavy atom. The lowest BCUT2D eigenvalue weighted by atomic mass is 10.1. The quantitative estimate of drug-likeness (QED) is 0.650. The van der Waals surface area contributed by atoms with Crippen LogP contribution in [0.5, 0.6) is 0 Å². The minimum Gasteiger partial charge on any atom is -0.350 e. The molecule has 3 aromatic rings. The standard InChI is InChI=1S/C22H23N5O3/c1-15-3-7-17(8-4-15)13-23-19(28)14-27-21(30)20(29)26-12-11-25(22(26)24-27)18-9-5-16(2)6-10-18/h3-10H,11-14H2,1-2H3,(H,23,28). The molecular weight excluding hydrogens is 382 g/mol. The van der Waals surface area contributed by atoms with Gasteiger partial charge < -0.3 is 10.2 Å². The summed E-state index contributed by atoms with van der Waals surface area (Å²) < 4.78 is 2.31. The van der Waals surface area contributed by atoms with Crippen molar-refractivity contribution in [3.8, 4) is 0 Å². The zero-order chi connectivity index (χ0) is 21.3. The minimum absolute atomic E-state index is 0.310. The molecule has 1 amide bonds. The Morgan fingerprint density at radius 2 is 1.57 bits per heavy atom. The Balaban J connectivity index is 1.55. The maximum Gasteiger partial charge on any atom is 0.333 e. The highest BCUT2D eigenvalue weighted by molar-refractivity contribution is 5.75. The number of amides is 1. The molecule has 1 aromatic heterocycles. The molecule has 0 spiro atoms. The van der Waals surface area contributed by atoms with Crippen LogP contribution in [0.4, 0.5) is 11.6 Å². The van der Waals surface area contributed by atoms with Gasteiger partial charge in [0.15, 0.2) is 0 Å². The maximum atomic E-state index is 12.5. The van der Waals surface area contributed by atoms with Gasteiger partial charge in [-0.3, -0.25) is 19.0 Å². The average molecular weight is 405 g/mol. The van der Waals surface area contributed by atoms with Crippen molar-refractivity contribution in [1.29, 1.82) is 0 Å². The molecule has 0 unspecified atom stereocenters. The number of hydrogen-bond donors (Lipinski definition) is 1. The van der Waals surface area contributed by atoms with Crippen molar-refractivity contribution < 1.29 is 4.79 Å². The number of anilines is 2. The third kappa shape index (κ3) is 3.89. The number of benzene rings is 2. The van der Waals surface area contributed by atoms with Crippen LogP contribution in [-0.4, -0.2) is 26.8 Å². The van der Waals surface area contributed by atoms with Gasteiger partial charge in [0.1, 0.15) is 6.54 Å². The smallest absolute Gasteiger partial charge is 0.333 e. The van der Waals surface area contributed by atoms with Crippen LogP contribution >= 0.6 is 0 Å². The number of aryl methyl sites for hydroxylation is 2. The van der Waals surface area contributed by atoms with Gasteiger partial charge in [-0.2, -0.15) is 0 Å². The third-order valence-electron chi connectivity index (χ3n) is 5.15. The lowest BCUT2D eigenvalue weighted by Gasteiger charge is -2.18. The summed E-state index contributed by atoms with van der Waals surface area (Å²) in [4.78, 5) is 39.2. The Labute approximate surface area is 173 Å². The van der Waals surface area contributed by atoms with Crippen LogP contribution in [0, 0.1) is 13.8 Å². The maximum absolute atomic E-state index is 12.5. The van der Waals surface area contributed by atoms with Gasteiger partial charge in [-0.15, -0.1) is 5.10 Å². The number of hydrogen-bond acceptors (Lipinski definition) is 5. The van der Waals surface area contributed by atoms with Crippen molar-refractivity contribution in [2.45, 2.75) is 33.5 Å². The number of fused-ring (bicyclic) bond motifs is 1. The second kappa shape index (κ2) is 7.98. The van der Waals surface area contributed by atoms with Gasteiger partial charge in [0, 0.05) is 25.3 Å². The van der Waals surface area contributed by atoms with Gasteiger partial charge in [0.25, 0.3) is 0 Å². The molecular formula is C22H23N5O3. The van der Waals surface area contributed by atoms with Crippen molar-refractivity contribution in [1.82, 2.24) is 19.7 Å². The lowest BCUT2D eigenvalue weighted by Crippen LogP contribution is -2.44. The molecule has 0 radical (unpaired) electrons. The van der Waals surface area contributed by atoms with Gasteiger partial charge in [0.2, 0.25) is 11.9 Å². The van der Waals surface area contributed by atoms with E-state index in [-0.39, 0.29) is 12.5 Å². The first-order valence-electron chi connectivity index (χ1n) is 9.81. The van der Waals surface area contributed by atoms with Crippen LogP contribution in [0.25, 0.3) is 0 Å². The van der Waals surface area contributed by atoms with Crippen LogP contribution in [0.3, 0.4) is 0 Å². The second-order valence-corrected chi connectivity index (χ2v) is 7.47. The van der Waals surface area contributed by atoms with E-state index in [1.165, 1.54) is 4.57 Å². The van der Waals surface area contributed by atoms with E-state index in [0.29, 0.717) is 25.6 Å². The molecule has 1 aliphatic heterocycles. The van der Waals surface area contributed by atoms with E-state index in [1.807, 2.05) is 67.3 Å². The van der Waals surface area contributed by atoms with E-state index < -0.39 is 11.1 Å². The largest absolute Gasteiger partial charge is 0.350 e. The molecule has 0 saturated heterocycles. The third-order valence-corrected chi connectivity index (χ3v) is 5.15. The fourth-order valence-corrected chi connectivity index (χ4v) is 3.40. The summed E-state index contributed by atoms with van der Waals surface area (Å²) in [5.74, 6) is -0.0100. The average Bonchev–Trinajstić information content (AvgIpc) is 3.16. The molecule has 0 atom stereocenters. The predicted molar refractivity (Wildman–Crippen MR) is 114 cm³/mol. The Morgan fingerprint density at radius 3 is 2.23 bits per heavy atom. The van der Waals surface area contributed by atoms with E-state index in [2.05, 4.69) is 10.4 Å². The molecule has 154 valence electrons. The fourth-order valence-electron chi connectivity index (χ4n) is 3.40. The number of nitrogens with zero attached hydrogens (tertiary/aromatic N) is 4. The minimum atomic E-state index is -0.796. The molecule has 1 N–H and O–H groups in total. The van der Waals surface area contributed by atoms with Crippen LogP contribution in [-0.2, 0) is 24.4 Å². The number of carbonyl (C=O) groups excluding carboxylic acids is 1. The van der Waals surface area contributed by atoms with Crippen molar-refractivity contribution in [2.75, 3.05) is 11.4 Å². The van der Waals surface area contributed by atoms with Crippen molar-refractivity contribution in [3.05, 3.63) is 85.9 Å². The summed E-state index contributed by atoms with van der Waals surface area (Å²) in [6, 6.07) is 15.6. The number of carbonyl (C=O) groups is 1. The molecule has 8 nitrogen and oxygen atoms in total. The van der Waals surface area contributed by atoms with Crippen molar-refractivity contribution in [3.63, 3.8) is 0 Å². The van der Waals surface area contributed by atoms with Crippen LogP contribution in [0.2, 0.25) is 0 Å². The predicted octanol–water partition coefficient (Wildman–Crippen LogP) is 1.49. The number of rotatable bonds is 5. The summed E-state index contributed by atoms with van der Waals surface area (Å²) in [7, 11) is 0. The molecule has 1 aliphatic rings. The van der Waals surface area contributed by atoms with Gasteiger partial charge >= 0.3 is 11.1 Å². The zero-order valence-corrected chi connectivity index (χ0v) is 17.0. The second-order valence-electron chi connectivity index (χ2n) is 7.47. The van der Waals surface area contributed by atoms with E-state index >= 15 is 0 Å². The molecule has 8 heteroatoms. The molecule has 0 saturated carbocycles. The van der Waals surface area contributed by atoms with Crippen molar-refractivity contribution in [2.24, 2.45) is 0 Å². The highest BCUT2D eigenvalue weighted by atomic mass is 16.2. The highest BCUT2D eigenvalue weighted by Crippen LogP contribution is 2.26. The topological polar surface area (TPSA) is 89.2 Å². The molecule has 2 aromatic carbocycles. The summed E-state index contributed by atoms with van der Waals surface area (Å²) in [5.41, 5.74) is 2.63. The van der Waals surface area contributed by atoms with Crippen LogP contribution in [0.15, 0.2) is 58.1 Å². The highest BCUT2D eigenvalue weighted by Gasteiger charge is 2.26. The molecule has 0 fully saturated rings. The summed E-state index contributed by atoms with van der Waals surface area (Å²) in [5, 5.41) is 7.10. The number of nitrogens with one attached hydrogen (secondary N) is 1. The normalized spacial score (nSPS) is 12.7. The molecule has 0 aliphatic carbocycles. The van der Waals surface area contributed by atoms with E-state index in [9.17, 15) is 14.4 Å². The molecule has 30 heavy (non-hydrogen) atoms. The summed E-state index contributed by atoms with van der Waals surface area (Å²) in [6.45, 7) is 4.94. The van der Waals surface area contributed by atoms with E-state index in [1.54, 1.807) is 0 Å². The monoisotopic (exact) mass is 405 g/mol. The zero-order valence-electron chi connectivity index (χ0n) is 17.0. The first-order valence-corrected chi connectivity index (χ1v) is 9.81. The first-order chi connectivity index (χ1) is 14.4. The Bertz CT molecular complexity index is 1190. The Hall–Kier alpha value is -3.68. The van der Waals surface area contributed by atoms with Gasteiger partial charge in [0.05, 0.1) is 0 Å². The molecule has 4 rings (SSSR count). The lowest BCUT2D eigenvalue weighted by molar-refractivity contribution is -0.122. The number of aromatic nitrogens is 3. The van der Waals surface area contributed by atoms with Crippen LogP contribution in [0.1, 0.15) is 16.7 Å². The van der Waals surface area contributed by atoms with Crippen LogP contribution < -0.4 is 21.3 Å². The van der Waals surface area contributed by atoms with Gasteiger partial charge in [-0.1, -0.05) is 47.5 Å². The summed E-state index contributed by atoms with van der Waals surface area (Å²) >= 11 is 0. The SMILES string of the molecule is Cc1ccc(CNC(=O)Cn2nc3n(c(=O)c2=O)CCN3c2ccc(C)cc2)cc1. The van der Waals surface area contributed by atoms with E-state index in [4.69, 9.17) is 0 Å². The van der Waals surface area contributed by atoms with Gasteiger partial charge in [-0.05, 0) is 31.5 Å². The molecule has 2 heterocycles. The summed E-state index contributed by atoms with van der Waals surface area (Å²) in [6.07, 6.45) is 0. The van der Waals surface area contributed by atoms with E-state index in [0.717, 1.165) is 27.1 Å². The fraction of sp³-hybridized carbons (Fsp3) is 0.273. The van der Waals surface area contributed by atoms with Crippen molar-refractivity contribution >= 4 is 17.5 Å². The first kappa shape index (κ1) is 19.6. The Kier molecular flexibility index (Phi) is 5.22. The molecule has 0 bridgehead atoms. The van der Waals surface area contributed by atoms with Gasteiger partial charge in [-0.25, -0.2) is 4.68 Å².